The number of hydrogen-bond donors (Lipinski definition) is 0. The molecule has 1 aliphatic carbocycles. The number of hydrogen-bond acceptors (Lipinski definition) is 1. The number of para-hydroxylation sites is 2. The van der Waals surface area contributed by atoms with E-state index in [2.05, 4.69) is 241 Å². The van der Waals surface area contributed by atoms with Gasteiger partial charge in [0.15, 0.2) is 0 Å². The van der Waals surface area contributed by atoms with Crippen molar-refractivity contribution in [3.05, 3.63) is 230 Å². The van der Waals surface area contributed by atoms with Gasteiger partial charge in [0.2, 0.25) is 0 Å². The minimum Gasteiger partial charge on any atom is -0.309 e. The van der Waals surface area contributed by atoms with E-state index in [1.54, 1.807) is 0 Å². The highest BCUT2D eigenvalue weighted by molar-refractivity contribution is 7.25. The number of benzene rings is 10. The zero-order valence-electron chi connectivity index (χ0n) is 36.6. The van der Waals surface area contributed by atoms with Gasteiger partial charge in [-0.05, 0) is 128 Å². The molecule has 14 rings (SSSR count). The van der Waals surface area contributed by atoms with E-state index in [0.29, 0.717) is 0 Å². The first-order chi connectivity index (χ1) is 32.5. The van der Waals surface area contributed by atoms with Gasteiger partial charge in [0.05, 0.1) is 22.1 Å². The van der Waals surface area contributed by atoms with Gasteiger partial charge in [-0.3, -0.25) is 0 Å². The fourth-order valence-electron chi connectivity index (χ4n) is 11.4. The van der Waals surface area contributed by atoms with Crippen LogP contribution in [0.3, 0.4) is 0 Å². The molecule has 0 N–H and O–H groups in total. The zero-order valence-corrected chi connectivity index (χ0v) is 37.4. The molecule has 2 nitrogen and oxygen atoms in total. The van der Waals surface area contributed by atoms with Crippen molar-refractivity contribution >= 4 is 75.1 Å². The third-order valence-corrected chi connectivity index (χ3v) is 15.6. The maximum absolute atomic E-state index is 2.48. The quantitative estimate of drug-likeness (QED) is 0.163. The summed E-state index contributed by atoms with van der Waals surface area (Å²) in [5.41, 5.74) is 19.7. The second-order valence-corrected chi connectivity index (χ2v) is 19.6. The predicted molar refractivity (Wildman–Crippen MR) is 282 cm³/mol. The highest BCUT2D eigenvalue weighted by atomic mass is 32.1. The molecule has 3 aromatic heterocycles. The van der Waals surface area contributed by atoms with Crippen molar-refractivity contribution in [1.29, 1.82) is 0 Å². The molecule has 310 valence electrons. The lowest BCUT2D eigenvalue weighted by atomic mass is 9.80. The Morgan fingerprint density at radius 3 is 1.62 bits per heavy atom. The summed E-state index contributed by atoms with van der Waals surface area (Å²) >= 11 is 1.91. The van der Waals surface area contributed by atoms with Gasteiger partial charge in [0.25, 0.3) is 0 Å². The normalized spacial score (nSPS) is 13.1. The van der Waals surface area contributed by atoms with Crippen LogP contribution in [0.15, 0.2) is 218 Å². The average Bonchev–Trinajstić information content (AvgIpc) is 4.08. The Balaban J connectivity index is 0.926. The van der Waals surface area contributed by atoms with Crippen LogP contribution in [-0.4, -0.2) is 9.13 Å². The molecule has 0 amide bonds. The molecule has 10 aromatic carbocycles. The molecule has 1 aliphatic rings. The fraction of sp³-hybridized carbons (Fsp3) is 0.0476. The standard InChI is InChI=1S/C63H42N2S/c1-63(2)54-38-45(27-29-47(54)51-30-32-60-61(62(51)63)52-21-11-14-24-59(52)66-60)64-56-23-13-10-20-49(56)53-36-41(26-31-57(53)64)42-25-28-50-48-19-9-12-22-55(48)65(58(50)37-42)46-34-43(39-15-5-3-6-16-39)33-44(35-46)40-17-7-4-8-18-40/h3-38H,1-2H3. The first kappa shape index (κ1) is 37.4. The smallest absolute Gasteiger partial charge is 0.0547 e. The van der Waals surface area contributed by atoms with E-state index in [4.69, 9.17) is 0 Å². The maximum atomic E-state index is 2.48. The van der Waals surface area contributed by atoms with Gasteiger partial charge >= 0.3 is 0 Å². The van der Waals surface area contributed by atoms with Gasteiger partial charge in [-0.15, -0.1) is 11.3 Å². The molecule has 0 bridgehead atoms. The summed E-state index contributed by atoms with van der Waals surface area (Å²) in [7, 11) is 0. The van der Waals surface area contributed by atoms with Crippen LogP contribution in [0.4, 0.5) is 0 Å². The van der Waals surface area contributed by atoms with Crippen LogP contribution in [0.25, 0.3) is 120 Å². The maximum Gasteiger partial charge on any atom is 0.0547 e. The summed E-state index contributed by atoms with van der Waals surface area (Å²) in [5, 5.41) is 7.78. The molecule has 3 heteroatoms. The van der Waals surface area contributed by atoms with Crippen LogP contribution in [-0.2, 0) is 5.41 Å². The van der Waals surface area contributed by atoms with Gasteiger partial charge in [-0.2, -0.15) is 0 Å². The highest BCUT2D eigenvalue weighted by Gasteiger charge is 2.38. The molecule has 66 heavy (non-hydrogen) atoms. The largest absolute Gasteiger partial charge is 0.309 e. The van der Waals surface area contributed by atoms with Crippen molar-refractivity contribution in [3.8, 4) is 55.9 Å². The summed E-state index contributed by atoms with van der Waals surface area (Å²) in [6.45, 7) is 4.84. The van der Waals surface area contributed by atoms with Crippen LogP contribution >= 0.6 is 11.3 Å². The van der Waals surface area contributed by atoms with E-state index in [-0.39, 0.29) is 5.41 Å². The first-order valence-corrected chi connectivity index (χ1v) is 23.7. The van der Waals surface area contributed by atoms with Crippen molar-refractivity contribution in [1.82, 2.24) is 9.13 Å². The predicted octanol–water partition coefficient (Wildman–Crippen LogP) is 17.6. The Labute approximate surface area is 386 Å². The van der Waals surface area contributed by atoms with Gasteiger partial charge in [-0.1, -0.05) is 159 Å². The molecule has 3 heterocycles. The minimum absolute atomic E-state index is 0.164. The van der Waals surface area contributed by atoms with E-state index < -0.39 is 0 Å². The van der Waals surface area contributed by atoms with Crippen molar-refractivity contribution in [2.75, 3.05) is 0 Å². The highest BCUT2D eigenvalue weighted by Crippen LogP contribution is 2.54. The molecule has 13 aromatic rings. The van der Waals surface area contributed by atoms with E-state index in [1.165, 1.54) is 125 Å². The second kappa shape index (κ2) is 14.0. The lowest BCUT2D eigenvalue weighted by Gasteiger charge is -2.23. The summed E-state index contributed by atoms with van der Waals surface area (Å²) in [4.78, 5) is 0. The lowest BCUT2D eigenvalue weighted by molar-refractivity contribution is 0.666. The Morgan fingerprint density at radius 2 is 0.894 bits per heavy atom. The van der Waals surface area contributed by atoms with E-state index >= 15 is 0 Å². The van der Waals surface area contributed by atoms with Crippen molar-refractivity contribution in [3.63, 3.8) is 0 Å². The monoisotopic (exact) mass is 858 g/mol. The number of fused-ring (bicyclic) bond motifs is 13. The molecular formula is C63H42N2S. The molecule has 0 radical (unpaired) electrons. The number of rotatable bonds is 5. The number of nitrogens with zero attached hydrogens (tertiary/aromatic N) is 2. The number of aromatic nitrogens is 2. The summed E-state index contributed by atoms with van der Waals surface area (Å²) in [5.74, 6) is 0. The van der Waals surface area contributed by atoms with Crippen LogP contribution in [0, 0.1) is 0 Å². The van der Waals surface area contributed by atoms with Gasteiger partial charge < -0.3 is 9.13 Å². The Bertz CT molecular complexity index is 4070. The van der Waals surface area contributed by atoms with Crippen LogP contribution < -0.4 is 0 Å². The third-order valence-electron chi connectivity index (χ3n) is 14.5. The van der Waals surface area contributed by atoms with E-state index in [0.717, 1.165) is 5.69 Å². The third kappa shape index (κ3) is 5.41. The first-order valence-electron chi connectivity index (χ1n) is 22.9. The molecule has 0 aliphatic heterocycles. The van der Waals surface area contributed by atoms with Gasteiger partial charge in [-0.25, -0.2) is 0 Å². The summed E-state index contributed by atoms with van der Waals surface area (Å²) in [6, 6.07) is 81.2. The second-order valence-electron chi connectivity index (χ2n) is 18.5. The molecule has 0 saturated heterocycles. The van der Waals surface area contributed by atoms with Crippen LogP contribution in [0.1, 0.15) is 25.0 Å². The molecule has 0 fully saturated rings. The molecule has 0 spiro atoms. The van der Waals surface area contributed by atoms with E-state index in [9.17, 15) is 0 Å². The Hall–Kier alpha value is -7.98. The fourth-order valence-corrected chi connectivity index (χ4v) is 12.6. The van der Waals surface area contributed by atoms with Crippen molar-refractivity contribution in [2.24, 2.45) is 0 Å². The Kier molecular flexibility index (Phi) is 7.94. The van der Waals surface area contributed by atoms with Crippen molar-refractivity contribution < 1.29 is 0 Å². The van der Waals surface area contributed by atoms with Crippen LogP contribution in [0.5, 0.6) is 0 Å². The Morgan fingerprint density at radius 1 is 0.333 bits per heavy atom. The molecule has 0 saturated carbocycles. The topological polar surface area (TPSA) is 9.86 Å². The summed E-state index contributed by atoms with van der Waals surface area (Å²) in [6.07, 6.45) is 0. The molecule has 0 unspecified atom stereocenters. The van der Waals surface area contributed by atoms with Gasteiger partial charge in [0, 0.05) is 58.5 Å². The average molecular weight is 859 g/mol. The van der Waals surface area contributed by atoms with Crippen LogP contribution in [0.2, 0.25) is 0 Å². The molecule has 0 atom stereocenters. The van der Waals surface area contributed by atoms with Crippen molar-refractivity contribution in [2.45, 2.75) is 19.3 Å². The zero-order chi connectivity index (χ0) is 43.7. The van der Waals surface area contributed by atoms with Gasteiger partial charge in [0.1, 0.15) is 0 Å². The SMILES string of the molecule is CC1(C)c2cc(-n3c4ccccc4c4cc(-c5ccc6c7ccccc7n(-c7cc(-c8ccccc8)cc(-c8ccccc8)c7)c6c5)ccc43)ccc2-c2ccc3sc4ccccc4c3c21. The number of thiophene rings is 1. The minimum atomic E-state index is -0.164. The summed E-state index contributed by atoms with van der Waals surface area (Å²) < 4.78 is 7.67. The molecular weight excluding hydrogens is 817 g/mol. The lowest BCUT2D eigenvalue weighted by Crippen LogP contribution is -2.15. The van der Waals surface area contributed by atoms with E-state index in [1.807, 2.05) is 11.3 Å².